The predicted molar refractivity (Wildman–Crippen MR) is 70.7 cm³/mol. The molecule has 3 nitrogen and oxygen atoms in total. The highest BCUT2D eigenvalue weighted by Gasteiger charge is 2.02. The first-order valence-corrected chi connectivity index (χ1v) is 6.84. The minimum absolute atomic E-state index is 0.677. The number of aryl methyl sites for hydroxylation is 2. The summed E-state index contributed by atoms with van der Waals surface area (Å²) in [6.45, 7) is 1.65. The van der Waals surface area contributed by atoms with Crippen molar-refractivity contribution in [3.63, 3.8) is 0 Å². The fourth-order valence-corrected chi connectivity index (χ4v) is 3.09. The van der Waals surface area contributed by atoms with Gasteiger partial charge in [-0.3, -0.25) is 0 Å². The smallest absolute Gasteiger partial charge is 0.0948 e. The molecule has 0 radical (unpaired) electrons. The molecule has 0 bridgehead atoms. The van der Waals surface area contributed by atoms with Crippen LogP contribution in [0.4, 0.5) is 0 Å². The van der Waals surface area contributed by atoms with Crippen molar-refractivity contribution in [2.45, 2.75) is 19.4 Å². The topological polar surface area (TPSA) is 43.8 Å². The fourth-order valence-electron chi connectivity index (χ4n) is 1.62. The average molecular weight is 300 g/mol. The van der Waals surface area contributed by atoms with E-state index in [9.17, 15) is 0 Å². The first-order valence-electron chi connectivity index (χ1n) is 5.23. The highest BCUT2D eigenvalue weighted by molar-refractivity contribution is 9.11. The third-order valence-electron chi connectivity index (χ3n) is 2.43. The Morgan fingerprint density at radius 1 is 1.38 bits per heavy atom. The number of hydrogen-bond donors (Lipinski definition) is 1. The zero-order chi connectivity index (χ0) is 11.4. The van der Waals surface area contributed by atoms with Crippen molar-refractivity contribution in [3.8, 4) is 0 Å². The van der Waals surface area contributed by atoms with E-state index in [1.807, 2.05) is 12.5 Å². The van der Waals surface area contributed by atoms with Crippen molar-refractivity contribution in [1.29, 1.82) is 0 Å². The summed E-state index contributed by atoms with van der Waals surface area (Å²) >= 11 is 5.26. The van der Waals surface area contributed by atoms with Gasteiger partial charge >= 0.3 is 0 Å². The van der Waals surface area contributed by atoms with Crippen molar-refractivity contribution in [2.24, 2.45) is 5.73 Å². The highest BCUT2D eigenvalue weighted by Crippen LogP contribution is 2.22. The minimum Gasteiger partial charge on any atom is -0.334 e. The molecule has 2 N–H and O–H groups in total. The van der Waals surface area contributed by atoms with Gasteiger partial charge in [-0.15, -0.1) is 11.3 Å². The van der Waals surface area contributed by atoms with E-state index in [0.717, 1.165) is 19.4 Å². The van der Waals surface area contributed by atoms with E-state index >= 15 is 0 Å². The molecule has 2 heterocycles. The maximum absolute atomic E-state index is 5.55. The van der Waals surface area contributed by atoms with Gasteiger partial charge in [0.1, 0.15) is 0 Å². The summed E-state index contributed by atoms with van der Waals surface area (Å²) < 4.78 is 3.37. The van der Waals surface area contributed by atoms with Crippen LogP contribution >= 0.6 is 27.3 Å². The maximum Gasteiger partial charge on any atom is 0.0948 e. The van der Waals surface area contributed by atoms with Crippen LogP contribution in [0.3, 0.4) is 0 Å². The Balaban J connectivity index is 1.96. The number of rotatable bonds is 5. The van der Waals surface area contributed by atoms with Crippen molar-refractivity contribution in [3.05, 3.63) is 39.0 Å². The molecule has 2 aromatic heterocycles. The molecule has 0 unspecified atom stereocenters. The van der Waals surface area contributed by atoms with Gasteiger partial charge in [0.15, 0.2) is 0 Å². The summed E-state index contributed by atoms with van der Waals surface area (Å²) in [7, 11) is 0. The third-order valence-corrected chi connectivity index (χ3v) is 4.11. The largest absolute Gasteiger partial charge is 0.334 e. The molecule has 0 spiro atoms. The molecule has 2 aromatic rings. The van der Waals surface area contributed by atoms with Crippen molar-refractivity contribution in [1.82, 2.24) is 9.55 Å². The van der Waals surface area contributed by atoms with Crippen LogP contribution in [0.1, 0.15) is 10.6 Å². The van der Waals surface area contributed by atoms with Gasteiger partial charge in [0.2, 0.25) is 0 Å². The summed E-state index contributed by atoms with van der Waals surface area (Å²) in [6, 6.07) is 4.25. The maximum atomic E-state index is 5.55. The quantitative estimate of drug-likeness (QED) is 0.922. The second kappa shape index (κ2) is 5.61. The summed E-state index contributed by atoms with van der Waals surface area (Å²) in [6.07, 6.45) is 5.73. The SMILES string of the molecule is NCCc1cncn1CCc1ccc(Br)s1. The van der Waals surface area contributed by atoms with Crippen molar-refractivity contribution in [2.75, 3.05) is 6.54 Å². The Hall–Kier alpha value is -0.650. The Labute approximate surface area is 107 Å². The number of hydrogen-bond acceptors (Lipinski definition) is 3. The molecule has 5 heteroatoms. The van der Waals surface area contributed by atoms with Crippen LogP contribution in [0.25, 0.3) is 0 Å². The van der Waals surface area contributed by atoms with E-state index < -0.39 is 0 Å². The lowest BCUT2D eigenvalue weighted by Crippen LogP contribution is -2.09. The molecule has 0 atom stereocenters. The third kappa shape index (κ3) is 2.93. The van der Waals surface area contributed by atoms with Gasteiger partial charge in [-0.25, -0.2) is 4.98 Å². The molecule has 0 aromatic carbocycles. The molecule has 0 fully saturated rings. The lowest BCUT2D eigenvalue weighted by Gasteiger charge is -2.05. The van der Waals surface area contributed by atoms with Gasteiger partial charge in [-0.1, -0.05) is 0 Å². The van der Waals surface area contributed by atoms with E-state index in [1.165, 1.54) is 14.4 Å². The van der Waals surface area contributed by atoms with Gasteiger partial charge in [0, 0.05) is 29.7 Å². The zero-order valence-corrected chi connectivity index (χ0v) is 11.3. The molecule has 86 valence electrons. The normalized spacial score (nSPS) is 10.9. The highest BCUT2D eigenvalue weighted by atomic mass is 79.9. The van der Waals surface area contributed by atoms with Crippen LogP contribution in [0, 0.1) is 0 Å². The first kappa shape index (κ1) is 11.8. The van der Waals surface area contributed by atoms with E-state index in [0.29, 0.717) is 6.54 Å². The molecule has 0 saturated carbocycles. The molecule has 16 heavy (non-hydrogen) atoms. The van der Waals surface area contributed by atoms with Crippen LogP contribution in [-0.4, -0.2) is 16.1 Å². The van der Waals surface area contributed by atoms with Gasteiger partial charge in [0.25, 0.3) is 0 Å². The van der Waals surface area contributed by atoms with Crippen LogP contribution in [0.15, 0.2) is 28.4 Å². The fraction of sp³-hybridized carbons (Fsp3) is 0.364. The number of thiophene rings is 1. The van der Waals surface area contributed by atoms with Gasteiger partial charge < -0.3 is 10.3 Å². The van der Waals surface area contributed by atoms with Crippen LogP contribution in [0.2, 0.25) is 0 Å². The Kier molecular flexibility index (Phi) is 4.15. The molecule has 2 rings (SSSR count). The lowest BCUT2D eigenvalue weighted by molar-refractivity contribution is 0.662. The summed E-state index contributed by atoms with van der Waals surface area (Å²) in [5.41, 5.74) is 6.77. The second-order valence-electron chi connectivity index (χ2n) is 3.57. The molecule has 0 aliphatic heterocycles. The van der Waals surface area contributed by atoms with Crippen molar-refractivity contribution >= 4 is 27.3 Å². The number of imidazole rings is 1. The average Bonchev–Trinajstić information content (AvgIpc) is 2.85. The van der Waals surface area contributed by atoms with Crippen LogP contribution < -0.4 is 5.73 Å². The minimum atomic E-state index is 0.677. The number of halogens is 1. The zero-order valence-electron chi connectivity index (χ0n) is 8.90. The molecule has 0 amide bonds. The van der Waals surface area contributed by atoms with E-state index in [4.69, 9.17) is 5.73 Å². The number of nitrogens with zero attached hydrogens (tertiary/aromatic N) is 2. The van der Waals surface area contributed by atoms with Gasteiger partial charge in [-0.2, -0.15) is 0 Å². The predicted octanol–water partition coefficient (Wildman–Crippen LogP) is 2.45. The summed E-state index contributed by atoms with van der Waals surface area (Å²) in [4.78, 5) is 5.55. The van der Waals surface area contributed by atoms with Crippen molar-refractivity contribution < 1.29 is 0 Å². The van der Waals surface area contributed by atoms with Gasteiger partial charge in [-0.05, 0) is 41.0 Å². The Morgan fingerprint density at radius 3 is 2.94 bits per heavy atom. The molecule has 0 saturated heterocycles. The van der Waals surface area contributed by atoms with Crippen LogP contribution in [0.5, 0.6) is 0 Å². The second-order valence-corrected chi connectivity index (χ2v) is 6.12. The molecule has 0 aliphatic rings. The van der Waals surface area contributed by atoms with E-state index in [-0.39, 0.29) is 0 Å². The summed E-state index contributed by atoms with van der Waals surface area (Å²) in [5.74, 6) is 0. The standard InChI is InChI=1S/C11H14BrN3S/c12-11-2-1-10(16-11)4-6-15-8-14-7-9(15)3-5-13/h1-2,7-8H,3-6,13H2. The van der Waals surface area contributed by atoms with Crippen LogP contribution in [-0.2, 0) is 19.4 Å². The summed E-state index contributed by atoms with van der Waals surface area (Å²) in [5, 5.41) is 0. The Morgan fingerprint density at radius 2 is 2.25 bits per heavy atom. The van der Waals surface area contributed by atoms with E-state index in [1.54, 1.807) is 11.3 Å². The van der Waals surface area contributed by atoms with Gasteiger partial charge in [0.05, 0.1) is 10.1 Å². The molecule has 0 aliphatic carbocycles. The number of nitrogens with two attached hydrogens (primary N) is 1. The van der Waals surface area contributed by atoms with E-state index in [2.05, 4.69) is 37.6 Å². The first-order chi connectivity index (χ1) is 7.79. The lowest BCUT2D eigenvalue weighted by atomic mass is 10.3. The molecular formula is C11H14BrN3S. The Bertz CT molecular complexity index is 450. The number of aromatic nitrogens is 2. The monoisotopic (exact) mass is 299 g/mol. The molecular weight excluding hydrogens is 286 g/mol.